The highest BCUT2D eigenvalue weighted by molar-refractivity contribution is 5.91. The van der Waals surface area contributed by atoms with E-state index in [9.17, 15) is 24.3 Å². The van der Waals surface area contributed by atoms with E-state index in [2.05, 4.69) is 9.47 Å². The molecule has 7 nitrogen and oxygen atoms in total. The molecule has 1 heterocycles. The monoisotopic (exact) mass is 272 g/mol. The summed E-state index contributed by atoms with van der Waals surface area (Å²) in [5, 5.41) is 9.77. The van der Waals surface area contributed by atoms with Crippen molar-refractivity contribution < 1.29 is 33.8 Å². The summed E-state index contributed by atoms with van der Waals surface area (Å²) in [6.45, 7) is 2.72. The summed E-state index contributed by atoms with van der Waals surface area (Å²) in [5.41, 5.74) is -1.97. The van der Waals surface area contributed by atoms with Crippen molar-refractivity contribution in [3.05, 3.63) is 0 Å². The molecule has 1 aliphatic heterocycles. The molecule has 0 saturated carbocycles. The fourth-order valence-corrected chi connectivity index (χ4v) is 1.56. The van der Waals surface area contributed by atoms with Gasteiger partial charge in [-0.15, -0.1) is 0 Å². The Hall–Kier alpha value is -1.76. The lowest BCUT2D eigenvalue weighted by atomic mass is 10.00. The summed E-state index contributed by atoms with van der Waals surface area (Å²) in [4.78, 5) is 45.6. The molecule has 1 saturated heterocycles. The van der Waals surface area contributed by atoms with Gasteiger partial charge in [0.2, 0.25) is 0 Å². The van der Waals surface area contributed by atoms with E-state index in [-0.39, 0.29) is 25.7 Å². The van der Waals surface area contributed by atoms with Gasteiger partial charge >= 0.3 is 23.9 Å². The molecule has 0 spiro atoms. The van der Waals surface area contributed by atoms with E-state index in [1.54, 1.807) is 6.92 Å². The van der Waals surface area contributed by atoms with Gasteiger partial charge in [-0.3, -0.25) is 14.4 Å². The topological polar surface area (TPSA) is 107 Å². The molecule has 1 rings (SSSR count). The predicted octanol–water partition coefficient (Wildman–Crippen LogP) is 0.0871. The molecular formula is C12H16O7. The van der Waals surface area contributed by atoms with Gasteiger partial charge in [-0.05, 0) is 19.3 Å². The van der Waals surface area contributed by atoms with E-state index >= 15 is 0 Å². The molecule has 7 heteroatoms. The van der Waals surface area contributed by atoms with Crippen molar-refractivity contribution in [3.8, 4) is 0 Å². The van der Waals surface area contributed by atoms with Crippen molar-refractivity contribution in [2.75, 3.05) is 0 Å². The fourth-order valence-electron chi connectivity index (χ4n) is 1.56. The first-order chi connectivity index (χ1) is 8.70. The van der Waals surface area contributed by atoms with Crippen LogP contribution in [0.5, 0.6) is 0 Å². The zero-order valence-corrected chi connectivity index (χ0v) is 10.8. The van der Waals surface area contributed by atoms with Crippen LogP contribution in [0.3, 0.4) is 0 Å². The number of aliphatic hydroxyl groups is 1. The molecule has 2 unspecified atom stereocenters. The maximum atomic E-state index is 11.5. The minimum atomic E-state index is -1.97. The highest BCUT2D eigenvalue weighted by atomic mass is 16.6. The highest BCUT2D eigenvalue weighted by Crippen LogP contribution is 2.18. The summed E-state index contributed by atoms with van der Waals surface area (Å²) in [7, 11) is 0. The first-order valence-electron chi connectivity index (χ1n) is 5.91. The molecule has 0 radical (unpaired) electrons. The quantitative estimate of drug-likeness (QED) is 0.491. The number of cyclic esters (lactones) is 4. The number of ether oxygens (including phenoxy) is 2. The number of carbonyl (C=O) groups is 4. The lowest BCUT2D eigenvalue weighted by Gasteiger charge is -2.21. The van der Waals surface area contributed by atoms with Crippen LogP contribution in [-0.4, -0.2) is 34.6 Å². The van der Waals surface area contributed by atoms with Crippen LogP contribution in [0.25, 0.3) is 0 Å². The Morgan fingerprint density at radius 1 is 1.05 bits per heavy atom. The van der Waals surface area contributed by atoms with Gasteiger partial charge in [0, 0.05) is 19.3 Å². The third-order valence-corrected chi connectivity index (χ3v) is 2.72. The number of rotatable bonds is 0. The molecule has 0 amide bonds. The number of hydrogen-bond donors (Lipinski definition) is 1. The summed E-state index contributed by atoms with van der Waals surface area (Å²) in [6.07, 6.45) is -0.909. The molecule has 1 N–H and O–H groups in total. The van der Waals surface area contributed by atoms with Crippen molar-refractivity contribution >= 4 is 23.9 Å². The van der Waals surface area contributed by atoms with E-state index in [0.29, 0.717) is 0 Å². The Morgan fingerprint density at radius 2 is 1.58 bits per heavy atom. The summed E-state index contributed by atoms with van der Waals surface area (Å²) in [5.74, 6) is -3.92. The minimum absolute atomic E-state index is 0.120. The van der Waals surface area contributed by atoms with E-state index < -0.39 is 35.4 Å². The van der Waals surface area contributed by atoms with Gasteiger partial charge in [0.05, 0.1) is 0 Å². The molecule has 106 valence electrons. The Labute approximate surface area is 109 Å². The Bertz CT molecular complexity index is 410. The molecule has 1 fully saturated rings. The van der Waals surface area contributed by atoms with Gasteiger partial charge in [0.25, 0.3) is 0 Å². The zero-order valence-electron chi connectivity index (χ0n) is 10.8. The molecular weight excluding hydrogens is 256 g/mol. The number of carbonyl (C=O) groups excluding carboxylic acids is 4. The van der Waals surface area contributed by atoms with Gasteiger partial charge in [-0.1, -0.05) is 6.92 Å². The maximum absolute atomic E-state index is 11.5. The predicted molar refractivity (Wildman–Crippen MR) is 60.5 cm³/mol. The molecule has 2 atom stereocenters. The van der Waals surface area contributed by atoms with Gasteiger partial charge in [-0.25, -0.2) is 4.79 Å². The van der Waals surface area contributed by atoms with Crippen molar-refractivity contribution in [2.45, 2.75) is 45.1 Å². The molecule has 0 aromatic heterocycles. The van der Waals surface area contributed by atoms with Crippen molar-refractivity contribution in [2.24, 2.45) is 5.92 Å². The summed E-state index contributed by atoms with van der Waals surface area (Å²) >= 11 is 0. The van der Waals surface area contributed by atoms with Gasteiger partial charge in [0.15, 0.2) is 5.60 Å². The highest BCUT2D eigenvalue weighted by Gasteiger charge is 2.35. The second-order valence-electron chi connectivity index (χ2n) is 4.89. The van der Waals surface area contributed by atoms with E-state index in [0.717, 1.165) is 6.92 Å². The lowest BCUT2D eigenvalue weighted by Crippen LogP contribution is -2.39. The van der Waals surface area contributed by atoms with Crippen molar-refractivity contribution in [1.29, 1.82) is 0 Å². The summed E-state index contributed by atoms with van der Waals surface area (Å²) in [6, 6.07) is 0. The molecule has 0 bridgehead atoms. The standard InChI is InChI=1S/C12H16O7/c1-7-5-9(14)18-8(13)3-4-12(2,17)11(16)19-10(15)6-7/h7,17H,3-6H2,1-2H3. The van der Waals surface area contributed by atoms with E-state index in [1.807, 2.05) is 0 Å². The van der Waals surface area contributed by atoms with Crippen LogP contribution in [0, 0.1) is 5.92 Å². The van der Waals surface area contributed by atoms with Crippen LogP contribution < -0.4 is 0 Å². The lowest BCUT2D eigenvalue weighted by molar-refractivity contribution is -0.175. The SMILES string of the molecule is CC1CC(=O)OC(=O)CCC(C)(O)C(=O)OC(=O)C1. The van der Waals surface area contributed by atoms with E-state index in [1.165, 1.54) is 0 Å². The van der Waals surface area contributed by atoms with Crippen LogP contribution >= 0.6 is 0 Å². The first kappa shape index (κ1) is 15.3. The van der Waals surface area contributed by atoms with Gasteiger partial charge in [0.1, 0.15) is 0 Å². The minimum Gasteiger partial charge on any atom is -0.393 e. The third-order valence-electron chi connectivity index (χ3n) is 2.72. The average molecular weight is 272 g/mol. The molecule has 1 aliphatic rings. The Kier molecular flexibility index (Phi) is 4.77. The van der Waals surface area contributed by atoms with Crippen LogP contribution in [0.4, 0.5) is 0 Å². The largest absolute Gasteiger partial charge is 0.393 e. The smallest absolute Gasteiger partial charge is 0.345 e. The van der Waals surface area contributed by atoms with Gasteiger partial charge < -0.3 is 14.6 Å². The molecule has 19 heavy (non-hydrogen) atoms. The second kappa shape index (κ2) is 5.92. The number of hydrogen-bond acceptors (Lipinski definition) is 7. The molecule has 0 aromatic carbocycles. The van der Waals surface area contributed by atoms with E-state index in [4.69, 9.17) is 0 Å². The first-order valence-corrected chi connectivity index (χ1v) is 5.91. The molecule has 0 aromatic rings. The van der Waals surface area contributed by atoms with Crippen molar-refractivity contribution in [3.63, 3.8) is 0 Å². The average Bonchev–Trinajstić information content (AvgIpc) is 2.24. The second-order valence-corrected chi connectivity index (χ2v) is 4.89. The number of esters is 4. The molecule has 0 aliphatic carbocycles. The normalized spacial score (nSPS) is 31.0. The Balaban J connectivity index is 2.84. The van der Waals surface area contributed by atoms with Crippen LogP contribution in [0.2, 0.25) is 0 Å². The maximum Gasteiger partial charge on any atom is 0.345 e. The van der Waals surface area contributed by atoms with Crippen LogP contribution in [0.15, 0.2) is 0 Å². The van der Waals surface area contributed by atoms with Crippen LogP contribution in [0.1, 0.15) is 39.5 Å². The fraction of sp³-hybridized carbons (Fsp3) is 0.667. The van der Waals surface area contributed by atoms with Gasteiger partial charge in [-0.2, -0.15) is 0 Å². The Morgan fingerprint density at radius 3 is 2.16 bits per heavy atom. The van der Waals surface area contributed by atoms with Crippen LogP contribution in [-0.2, 0) is 28.7 Å². The summed E-state index contributed by atoms with van der Waals surface area (Å²) < 4.78 is 8.99. The third kappa shape index (κ3) is 4.78. The zero-order chi connectivity index (χ0) is 14.6. The van der Waals surface area contributed by atoms with Crippen molar-refractivity contribution in [1.82, 2.24) is 0 Å².